The third kappa shape index (κ3) is 8.70. The summed E-state index contributed by atoms with van der Waals surface area (Å²) in [4.78, 5) is 28.5. The lowest BCUT2D eigenvalue weighted by atomic mass is 10.1. The zero-order valence-corrected chi connectivity index (χ0v) is 26.7. The molecule has 3 rings (SSSR count). The summed E-state index contributed by atoms with van der Waals surface area (Å²) in [6.45, 7) is 7.36. The van der Waals surface area contributed by atoms with Gasteiger partial charge in [-0.1, -0.05) is 46.6 Å². The van der Waals surface area contributed by atoms with Crippen LogP contribution < -0.4 is 14.4 Å². The Hall–Kier alpha value is -3.08. The first-order valence-corrected chi connectivity index (χ1v) is 15.9. The monoisotopic (exact) mass is 663 g/mol. The van der Waals surface area contributed by atoms with Gasteiger partial charge >= 0.3 is 0 Å². The second-order valence-corrected chi connectivity index (χ2v) is 12.7. The number of carbonyl (C=O) groups excluding carboxylic acids is 2. The molecule has 1 N–H and O–H groups in total. The molecule has 0 aliphatic heterocycles. The molecule has 8 nitrogen and oxygen atoms in total. The first kappa shape index (κ1) is 32.4. The lowest BCUT2D eigenvalue weighted by molar-refractivity contribution is -0.139. The molecular weight excluding hydrogens is 630 g/mol. The van der Waals surface area contributed by atoms with E-state index < -0.39 is 28.5 Å². The highest BCUT2D eigenvalue weighted by Crippen LogP contribution is 2.27. The molecule has 0 spiro atoms. The van der Waals surface area contributed by atoms with Gasteiger partial charge in [0.05, 0.1) is 17.2 Å². The highest BCUT2D eigenvalue weighted by atomic mass is 79.9. The number of hydrogen-bond donors (Lipinski definition) is 1. The molecule has 0 aliphatic rings. The summed E-state index contributed by atoms with van der Waals surface area (Å²) in [7, 11) is -4.19. The van der Waals surface area contributed by atoms with Gasteiger partial charge in [-0.15, -0.1) is 0 Å². The van der Waals surface area contributed by atoms with E-state index in [9.17, 15) is 18.0 Å². The van der Waals surface area contributed by atoms with E-state index in [1.807, 2.05) is 45.0 Å². The molecule has 2 atom stereocenters. The Balaban J connectivity index is 2.02. The fraction of sp³-hybridized carbons (Fsp3) is 0.333. The second kappa shape index (κ2) is 14.7. The van der Waals surface area contributed by atoms with Crippen LogP contribution in [0.1, 0.15) is 39.7 Å². The number of nitrogens with zero attached hydrogens (tertiary/aromatic N) is 2. The van der Waals surface area contributed by atoms with Crippen molar-refractivity contribution in [2.45, 2.75) is 57.6 Å². The molecule has 11 heteroatoms. The third-order valence-corrected chi connectivity index (χ3v) is 9.12. The van der Waals surface area contributed by atoms with Crippen LogP contribution in [0.4, 0.5) is 5.69 Å². The number of benzene rings is 3. The van der Waals surface area contributed by atoms with Crippen molar-refractivity contribution in [3.63, 3.8) is 0 Å². The van der Waals surface area contributed by atoms with Gasteiger partial charge in [-0.05, 0) is 93.4 Å². The van der Waals surface area contributed by atoms with E-state index in [1.54, 1.807) is 31.2 Å². The SMILES string of the molecule is CCOc1ccc(N(CC(=O)N(Cc2ccc(Br)cc2)[C@H](C)C(=O)N[C@@H](C)CC)S(=O)(=O)c2ccc(Cl)cc2)cc1. The average molecular weight is 665 g/mol. The lowest BCUT2D eigenvalue weighted by Gasteiger charge is -2.32. The maximum absolute atomic E-state index is 14.0. The van der Waals surface area contributed by atoms with E-state index in [1.165, 1.54) is 29.2 Å². The first-order chi connectivity index (χ1) is 19.5. The fourth-order valence-electron chi connectivity index (χ4n) is 3.97. The minimum absolute atomic E-state index is 0.0226. The summed E-state index contributed by atoms with van der Waals surface area (Å²) in [5.41, 5.74) is 1.06. The number of rotatable bonds is 13. The number of nitrogens with one attached hydrogen (secondary N) is 1. The van der Waals surface area contributed by atoms with Gasteiger partial charge in [0.1, 0.15) is 18.3 Å². The molecule has 0 saturated heterocycles. The van der Waals surface area contributed by atoms with Crippen LogP contribution in [0, 0.1) is 0 Å². The number of amides is 2. The van der Waals surface area contributed by atoms with Gasteiger partial charge in [0.25, 0.3) is 10.0 Å². The molecule has 0 unspecified atom stereocenters. The highest BCUT2D eigenvalue weighted by Gasteiger charge is 2.32. The number of halogens is 2. The largest absolute Gasteiger partial charge is 0.494 e. The van der Waals surface area contributed by atoms with Crippen molar-refractivity contribution in [3.05, 3.63) is 87.9 Å². The molecule has 0 bridgehead atoms. The molecule has 3 aromatic rings. The van der Waals surface area contributed by atoms with Crippen LogP contribution >= 0.6 is 27.5 Å². The van der Waals surface area contributed by atoms with E-state index >= 15 is 0 Å². The minimum Gasteiger partial charge on any atom is -0.494 e. The Morgan fingerprint density at radius 1 is 0.951 bits per heavy atom. The maximum atomic E-state index is 14.0. The van der Waals surface area contributed by atoms with E-state index in [4.69, 9.17) is 16.3 Å². The summed E-state index contributed by atoms with van der Waals surface area (Å²) in [6.07, 6.45) is 0.726. The smallest absolute Gasteiger partial charge is 0.264 e. The third-order valence-electron chi connectivity index (χ3n) is 6.55. The Morgan fingerprint density at radius 2 is 1.56 bits per heavy atom. The summed E-state index contributed by atoms with van der Waals surface area (Å²) in [6, 6.07) is 18.7. The van der Waals surface area contributed by atoms with E-state index in [-0.39, 0.29) is 29.1 Å². The van der Waals surface area contributed by atoms with Gasteiger partial charge in [0.2, 0.25) is 11.8 Å². The second-order valence-electron chi connectivity index (χ2n) is 9.53. The predicted molar refractivity (Wildman–Crippen MR) is 166 cm³/mol. The Labute approximate surface area is 255 Å². The Bertz CT molecular complexity index is 1420. The van der Waals surface area contributed by atoms with Crippen LogP contribution in [-0.4, -0.2) is 50.4 Å². The predicted octanol–water partition coefficient (Wildman–Crippen LogP) is 6.03. The number of carbonyl (C=O) groups is 2. The number of ether oxygens (including phenoxy) is 1. The van der Waals surface area contributed by atoms with Gasteiger partial charge < -0.3 is 15.0 Å². The normalized spacial score (nSPS) is 12.7. The zero-order chi connectivity index (χ0) is 30.2. The van der Waals surface area contributed by atoms with Crippen LogP contribution in [0.25, 0.3) is 0 Å². The van der Waals surface area contributed by atoms with Crippen molar-refractivity contribution in [2.24, 2.45) is 0 Å². The van der Waals surface area contributed by atoms with Crippen LogP contribution in [0.2, 0.25) is 5.02 Å². The highest BCUT2D eigenvalue weighted by molar-refractivity contribution is 9.10. The van der Waals surface area contributed by atoms with Crippen LogP contribution in [0.15, 0.2) is 82.2 Å². The van der Waals surface area contributed by atoms with Gasteiger partial charge in [-0.3, -0.25) is 13.9 Å². The average Bonchev–Trinajstić information content (AvgIpc) is 2.95. The van der Waals surface area contributed by atoms with Crippen molar-refractivity contribution in [1.82, 2.24) is 10.2 Å². The topological polar surface area (TPSA) is 96.0 Å². The molecular formula is C30H35BrClN3O5S. The van der Waals surface area contributed by atoms with Gasteiger partial charge in [0, 0.05) is 22.1 Å². The van der Waals surface area contributed by atoms with Crippen molar-refractivity contribution in [1.29, 1.82) is 0 Å². The molecule has 0 fully saturated rings. The van der Waals surface area contributed by atoms with E-state index in [2.05, 4.69) is 21.2 Å². The number of anilines is 1. The van der Waals surface area contributed by atoms with Gasteiger partial charge in [-0.2, -0.15) is 0 Å². The number of sulfonamides is 1. The minimum atomic E-state index is -4.19. The molecule has 0 aromatic heterocycles. The molecule has 0 saturated carbocycles. The zero-order valence-electron chi connectivity index (χ0n) is 23.5. The molecule has 0 aliphatic carbocycles. The quantitative estimate of drug-likeness (QED) is 0.241. The molecule has 2 amide bonds. The van der Waals surface area contributed by atoms with Crippen LogP contribution in [0.3, 0.4) is 0 Å². The molecule has 220 valence electrons. The molecule has 3 aromatic carbocycles. The molecule has 41 heavy (non-hydrogen) atoms. The molecule has 0 heterocycles. The maximum Gasteiger partial charge on any atom is 0.264 e. The first-order valence-electron chi connectivity index (χ1n) is 13.3. The molecule has 0 radical (unpaired) electrons. The van der Waals surface area contributed by atoms with E-state index in [0.717, 1.165) is 20.8 Å². The van der Waals surface area contributed by atoms with Crippen molar-refractivity contribution >= 4 is 55.1 Å². The van der Waals surface area contributed by atoms with Crippen LogP contribution in [-0.2, 0) is 26.2 Å². The summed E-state index contributed by atoms with van der Waals surface area (Å²) < 4.78 is 35.2. The fourth-order valence-corrected chi connectivity index (χ4v) is 5.78. The van der Waals surface area contributed by atoms with E-state index in [0.29, 0.717) is 17.4 Å². The standard InChI is InChI=1S/C30H35BrClN3O5S/c1-5-21(3)33-30(37)22(4)34(19-23-7-9-24(31)10-8-23)29(36)20-35(26-13-15-27(16-14-26)40-6-2)41(38,39)28-17-11-25(32)12-18-28/h7-18,21-22H,5-6,19-20H2,1-4H3,(H,33,37)/t21-,22+/m0/s1. The van der Waals surface area contributed by atoms with Crippen molar-refractivity contribution < 1.29 is 22.7 Å². The van der Waals surface area contributed by atoms with Crippen molar-refractivity contribution in [3.8, 4) is 5.75 Å². The lowest BCUT2D eigenvalue weighted by Crippen LogP contribution is -2.52. The van der Waals surface area contributed by atoms with Crippen LogP contribution in [0.5, 0.6) is 5.75 Å². The van der Waals surface area contributed by atoms with Gasteiger partial charge in [-0.25, -0.2) is 8.42 Å². The van der Waals surface area contributed by atoms with Gasteiger partial charge in [0.15, 0.2) is 0 Å². The summed E-state index contributed by atoms with van der Waals surface area (Å²) in [5.74, 6) is -0.289. The summed E-state index contributed by atoms with van der Waals surface area (Å²) in [5, 5.41) is 3.31. The van der Waals surface area contributed by atoms with Crippen molar-refractivity contribution in [2.75, 3.05) is 17.5 Å². The number of hydrogen-bond acceptors (Lipinski definition) is 5. The Morgan fingerprint density at radius 3 is 2.12 bits per heavy atom. The summed E-state index contributed by atoms with van der Waals surface area (Å²) >= 11 is 9.42. The Kier molecular flexibility index (Phi) is 11.6.